The van der Waals surface area contributed by atoms with E-state index in [1.165, 1.54) is 18.1 Å². The molecule has 0 spiro atoms. The largest absolute Gasteiger partial charge is 0.468 e. The van der Waals surface area contributed by atoms with E-state index in [-0.39, 0.29) is 26.1 Å². The first-order valence-electron chi connectivity index (χ1n) is 9.94. The highest BCUT2D eigenvalue weighted by Crippen LogP contribution is 2.54. The monoisotopic (exact) mass is 430 g/mol. The molecule has 2 atom stereocenters. The van der Waals surface area contributed by atoms with Gasteiger partial charge >= 0.3 is 12.1 Å². The molecule has 1 aromatic carbocycles. The molecule has 0 bridgehead atoms. The zero-order chi connectivity index (χ0) is 23.2. The predicted octanol–water partition coefficient (Wildman–Crippen LogP) is 2.32. The number of fused-ring (bicyclic) bond motifs is 1. The van der Waals surface area contributed by atoms with Crippen LogP contribution in [0.4, 0.5) is 10.5 Å². The number of benzene rings is 1. The number of carbonyl (C=O) groups excluding carboxylic acids is 3. The van der Waals surface area contributed by atoms with Crippen LogP contribution in [0.15, 0.2) is 49.6 Å². The Balaban J connectivity index is 2.43. The summed E-state index contributed by atoms with van der Waals surface area (Å²) < 4.78 is 9.76. The van der Waals surface area contributed by atoms with Crippen molar-refractivity contribution in [2.45, 2.75) is 31.8 Å². The number of amides is 2. The van der Waals surface area contributed by atoms with Crippen molar-refractivity contribution in [3.8, 4) is 0 Å². The third-order valence-electron chi connectivity index (χ3n) is 5.91. The average molecular weight is 431 g/mol. The van der Waals surface area contributed by atoms with Crippen LogP contribution in [0.25, 0.3) is 0 Å². The molecule has 2 unspecified atom stereocenters. The lowest BCUT2D eigenvalue weighted by atomic mass is 9.60. The Labute approximate surface area is 182 Å². The van der Waals surface area contributed by atoms with E-state index in [2.05, 4.69) is 23.2 Å². The Morgan fingerprint density at radius 2 is 2.00 bits per heavy atom. The van der Waals surface area contributed by atoms with Gasteiger partial charge in [-0.3, -0.25) is 14.5 Å². The Morgan fingerprint density at radius 3 is 2.61 bits per heavy atom. The standard InChI is InChI=1S/C23H30N2O6/c1-6-12-31-21(29)25-15-23(22(3,4)7-2,16-10-8-9-11-17(16)25)13-18(26)20(28)24-14-19(27)30-5/h6-11,18,26H,1-2,12-15H2,3-5H3,(H,24,28). The molecule has 1 aliphatic heterocycles. The summed E-state index contributed by atoms with van der Waals surface area (Å²) in [5, 5.41) is 13.1. The Bertz CT molecular complexity index is 865. The molecule has 1 aromatic rings. The fourth-order valence-electron chi connectivity index (χ4n) is 3.88. The van der Waals surface area contributed by atoms with Crippen molar-refractivity contribution in [3.05, 3.63) is 55.1 Å². The van der Waals surface area contributed by atoms with Crippen LogP contribution < -0.4 is 10.2 Å². The second kappa shape index (κ2) is 9.78. The van der Waals surface area contributed by atoms with Crippen LogP contribution in [-0.4, -0.2) is 56.0 Å². The molecule has 168 valence electrons. The second-order valence-corrected chi connectivity index (χ2v) is 7.99. The zero-order valence-corrected chi connectivity index (χ0v) is 18.2. The second-order valence-electron chi connectivity index (χ2n) is 7.99. The summed E-state index contributed by atoms with van der Waals surface area (Å²) in [5.74, 6) is -1.32. The highest BCUT2D eigenvalue weighted by atomic mass is 16.6. The summed E-state index contributed by atoms with van der Waals surface area (Å²) in [6.45, 7) is 11.3. The van der Waals surface area contributed by atoms with Crippen LogP contribution >= 0.6 is 0 Å². The Morgan fingerprint density at radius 1 is 1.32 bits per heavy atom. The van der Waals surface area contributed by atoms with Crippen molar-refractivity contribution in [1.82, 2.24) is 5.32 Å². The first-order valence-corrected chi connectivity index (χ1v) is 9.94. The van der Waals surface area contributed by atoms with Crippen molar-refractivity contribution in [2.75, 3.05) is 31.7 Å². The zero-order valence-electron chi connectivity index (χ0n) is 18.2. The van der Waals surface area contributed by atoms with Crippen LogP contribution in [-0.2, 0) is 24.5 Å². The van der Waals surface area contributed by atoms with Crippen LogP contribution in [0.5, 0.6) is 0 Å². The molecule has 8 heteroatoms. The summed E-state index contributed by atoms with van der Waals surface area (Å²) in [4.78, 5) is 38.0. The number of nitrogens with one attached hydrogen (secondary N) is 1. The van der Waals surface area contributed by atoms with Gasteiger partial charge in [-0.1, -0.05) is 50.8 Å². The van der Waals surface area contributed by atoms with Gasteiger partial charge in [-0.2, -0.15) is 0 Å². The van der Waals surface area contributed by atoms with Crippen LogP contribution in [0.3, 0.4) is 0 Å². The van der Waals surface area contributed by atoms with E-state index in [9.17, 15) is 19.5 Å². The lowest BCUT2D eigenvalue weighted by Gasteiger charge is -2.44. The van der Waals surface area contributed by atoms with E-state index in [1.54, 1.807) is 12.1 Å². The molecule has 1 aliphatic rings. The van der Waals surface area contributed by atoms with E-state index in [1.807, 2.05) is 32.0 Å². The normalized spacial score (nSPS) is 18.5. The number of aliphatic hydroxyl groups excluding tert-OH is 1. The molecule has 0 radical (unpaired) electrons. The van der Waals surface area contributed by atoms with Gasteiger partial charge in [0.15, 0.2) is 0 Å². The number of aliphatic hydroxyl groups is 1. The van der Waals surface area contributed by atoms with Gasteiger partial charge in [0.2, 0.25) is 5.91 Å². The number of para-hydroxylation sites is 1. The quantitative estimate of drug-likeness (QED) is 0.460. The van der Waals surface area contributed by atoms with Crippen molar-refractivity contribution < 1.29 is 29.0 Å². The van der Waals surface area contributed by atoms with E-state index >= 15 is 0 Å². The van der Waals surface area contributed by atoms with Gasteiger partial charge in [0, 0.05) is 12.0 Å². The number of nitrogens with zero attached hydrogens (tertiary/aromatic N) is 1. The minimum atomic E-state index is -1.43. The fourth-order valence-corrected chi connectivity index (χ4v) is 3.88. The van der Waals surface area contributed by atoms with Crippen molar-refractivity contribution in [1.29, 1.82) is 0 Å². The van der Waals surface area contributed by atoms with Gasteiger partial charge in [-0.15, -0.1) is 6.58 Å². The number of hydrogen-bond acceptors (Lipinski definition) is 6. The molecule has 1 heterocycles. The molecule has 0 saturated carbocycles. The molecule has 0 aliphatic carbocycles. The highest BCUT2D eigenvalue weighted by Gasteiger charge is 2.54. The molecule has 2 N–H and O–H groups in total. The number of ether oxygens (including phenoxy) is 2. The van der Waals surface area contributed by atoms with E-state index < -0.39 is 34.9 Å². The summed E-state index contributed by atoms with van der Waals surface area (Å²) in [7, 11) is 1.21. The van der Waals surface area contributed by atoms with Gasteiger partial charge in [0.1, 0.15) is 19.3 Å². The molecule has 0 aromatic heterocycles. The van der Waals surface area contributed by atoms with Crippen LogP contribution in [0.1, 0.15) is 25.8 Å². The maximum atomic E-state index is 12.7. The minimum Gasteiger partial charge on any atom is -0.468 e. The number of methoxy groups -OCH3 is 1. The molecule has 0 fully saturated rings. The number of anilines is 1. The van der Waals surface area contributed by atoms with Crippen LogP contribution in [0.2, 0.25) is 0 Å². The summed E-state index contributed by atoms with van der Waals surface area (Å²) in [5.41, 5.74) is 0.00437. The topological polar surface area (TPSA) is 105 Å². The Kier molecular flexibility index (Phi) is 7.62. The number of allylic oxidation sites excluding steroid dienone is 1. The van der Waals surface area contributed by atoms with E-state index in [4.69, 9.17) is 4.74 Å². The first-order chi connectivity index (χ1) is 14.6. The first kappa shape index (κ1) is 24.1. The highest BCUT2D eigenvalue weighted by molar-refractivity contribution is 5.92. The number of hydrogen-bond donors (Lipinski definition) is 2. The van der Waals surface area contributed by atoms with Crippen molar-refractivity contribution in [2.24, 2.45) is 5.41 Å². The summed E-state index contributed by atoms with van der Waals surface area (Å²) >= 11 is 0. The van der Waals surface area contributed by atoms with Gasteiger partial charge in [0.25, 0.3) is 0 Å². The SMILES string of the molecule is C=CCOC(=O)N1CC(CC(O)C(=O)NCC(=O)OC)(C(C)(C)C=C)c2ccccc21. The van der Waals surface area contributed by atoms with Gasteiger partial charge < -0.3 is 19.9 Å². The molecule has 0 saturated heterocycles. The summed E-state index contributed by atoms with van der Waals surface area (Å²) in [6.07, 6.45) is 1.26. The van der Waals surface area contributed by atoms with Gasteiger partial charge in [0.05, 0.1) is 12.8 Å². The number of carbonyl (C=O) groups is 3. The number of esters is 1. The van der Waals surface area contributed by atoms with Crippen LogP contribution in [0, 0.1) is 5.41 Å². The summed E-state index contributed by atoms with van der Waals surface area (Å²) in [6, 6.07) is 7.33. The molecular weight excluding hydrogens is 400 g/mol. The van der Waals surface area contributed by atoms with Crippen molar-refractivity contribution in [3.63, 3.8) is 0 Å². The predicted molar refractivity (Wildman–Crippen MR) is 117 cm³/mol. The maximum absolute atomic E-state index is 12.7. The molecule has 31 heavy (non-hydrogen) atoms. The third kappa shape index (κ3) is 4.80. The fraction of sp³-hybridized carbons (Fsp3) is 0.435. The van der Waals surface area contributed by atoms with E-state index in [0.29, 0.717) is 5.69 Å². The average Bonchev–Trinajstić information content (AvgIpc) is 3.11. The maximum Gasteiger partial charge on any atom is 0.414 e. The molecule has 2 rings (SSSR count). The van der Waals surface area contributed by atoms with E-state index in [0.717, 1.165) is 5.56 Å². The third-order valence-corrected chi connectivity index (χ3v) is 5.91. The number of rotatable bonds is 9. The smallest absolute Gasteiger partial charge is 0.414 e. The van der Waals surface area contributed by atoms with Crippen molar-refractivity contribution >= 4 is 23.7 Å². The van der Waals surface area contributed by atoms with Gasteiger partial charge in [-0.25, -0.2) is 4.79 Å². The minimum absolute atomic E-state index is 0.00127. The molecular formula is C23H30N2O6. The lowest BCUT2D eigenvalue weighted by Crippen LogP contribution is -2.50. The van der Waals surface area contributed by atoms with Gasteiger partial charge in [-0.05, 0) is 23.5 Å². The Hall–Kier alpha value is -3.13. The molecule has 2 amide bonds. The molecule has 8 nitrogen and oxygen atoms in total. The lowest BCUT2D eigenvalue weighted by molar-refractivity contribution is -0.142.